The number of likely N-dealkylation sites (N-methyl/N-ethyl adjacent to an activating group) is 1. The summed E-state index contributed by atoms with van der Waals surface area (Å²) < 4.78 is 5.26. The van der Waals surface area contributed by atoms with Crippen molar-refractivity contribution in [1.82, 2.24) is 9.80 Å². The molecule has 0 aromatic heterocycles. The Hall–Kier alpha value is -1.26. The smallest absolute Gasteiger partial charge is 0.121 e. The summed E-state index contributed by atoms with van der Waals surface area (Å²) in [7, 11) is 3.87. The normalized spacial score (nSPS) is 18.6. The van der Waals surface area contributed by atoms with Crippen molar-refractivity contribution in [2.75, 3.05) is 46.1 Å². The van der Waals surface area contributed by atoms with E-state index in [0.717, 1.165) is 37.6 Å². The summed E-state index contributed by atoms with van der Waals surface area (Å²) in [5, 5.41) is 0. The van der Waals surface area contributed by atoms with E-state index in [1.54, 1.807) is 7.11 Å². The van der Waals surface area contributed by atoms with Crippen LogP contribution in [0.2, 0.25) is 0 Å². The number of ether oxygens (including phenoxy) is 1. The molecule has 1 aliphatic heterocycles. The Bertz CT molecular complexity index is 395. The van der Waals surface area contributed by atoms with Gasteiger partial charge < -0.3 is 15.4 Å². The second-order valence-corrected chi connectivity index (χ2v) is 5.05. The van der Waals surface area contributed by atoms with Crippen LogP contribution in [-0.4, -0.2) is 50.1 Å². The molecule has 0 amide bonds. The van der Waals surface area contributed by atoms with Crippen LogP contribution in [0, 0.1) is 0 Å². The molecule has 1 heterocycles. The number of nitrogens with zero attached hydrogens (tertiary/aromatic N) is 2. The predicted molar refractivity (Wildman–Crippen MR) is 74.8 cm³/mol. The number of rotatable bonds is 3. The minimum Gasteiger partial charge on any atom is -0.497 e. The fourth-order valence-electron chi connectivity index (χ4n) is 2.41. The van der Waals surface area contributed by atoms with Crippen molar-refractivity contribution >= 4 is 5.69 Å². The summed E-state index contributed by atoms with van der Waals surface area (Å²) in [4.78, 5) is 4.87. The zero-order chi connectivity index (χ0) is 13.0. The van der Waals surface area contributed by atoms with Gasteiger partial charge in [-0.15, -0.1) is 0 Å². The Morgan fingerprint density at radius 3 is 2.78 bits per heavy atom. The highest BCUT2D eigenvalue weighted by atomic mass is 16.5. The van der Waals surface area contributed by atoms with Gasteiger partial charge in [-0.3, -0.25) is 4.90 Å². The highest BCUT2D eigenvalue weighted by Gasteiger charge is 2.12. The van der Waals surface area contributed by atoms with Gasteiger partial charge in [-0.05, 0) is 44.3 Å². The lowest BCUT2D eigenvalue weighted by atomic mass is 10.1. The number of methoxy groups -OCH3 is 1. The molecule has 1 saturated heterocycles. The highest BCUT2D eigenvalue weighted by Crippen LogP contribution is 2.20. The summed E-state index contributed by atoms with van der Waals surface area (Å²) in [5.41, 5.74) is 7.89. The number of nitrogens with two attached hydrogens (primary N) is 1. The van der Waals surface area contributed by atoms with Gasteiger partial charge in [-0.2, -0.15) is 0 Å². The summed E-state index contributed by atoms with van der Waals surface area (Å²) in [5.74, 6) is 0.844. The van der Waals surface area contributed by atoms with E-state index in [2.05, 4.69) is 22.9 Å². The zero-order valence-electron chi connectivity index (χ0n) is 11.4. The van der Waals surface area contributed by atoms with Crippen LogP contribution in [0.1, 0.15) is 12.0 Å². The molecule has 0 unspecified atom stereocenters. The minimum atomic E-state index is 0.774. The third kappa shape index (κ3) is 3.62. The van der Waals surface area contributed by atoms with E-state index in [1.807, 2.05) is 12.1 Å². The molecule has 0 spiro atoms. The maximum atomic E-state index is 5.89. The van der Waals surface area contributed by atoms with Gasteiger partial charge in [0.1, 0.15) is 5.75 Å². The molecule has 100 valence electrons. The van der Waals surface area contributed by atoms with Crippen molar-refractivity contribution in [2.24, 2.45) is 0 Å². The van der Waals surface area contributed by atoms with E-state index in [9.17, 15) is 0 Å². The van der Waals surface area contributed by atoms with Gasteiger partial charge in [0, 0.05) is 31.4 Å². The van der Waals surface area contributed by atoms with Crippen LogP contribution in [0.4, 0.5) is 5.69 Å². The van der Waals surface area contributed by atoms with E-state index in [4.69, 9.17) is 10.5 Å². The average molecular weight is 249 g/mol. The topological polar surface area (TPSA) is 41.7 Å². The minimum absolute atomic E-state index is 0.774. The van der Waals surface area contributed by atoms with Crippen LogP contribution < -0.4 is 10.5 Å². The standard InChI is InChI=1S/C14H23N3O/c1-16-4-3-5-17(7-6-16)11-12-8-13(15)10-14(9-12)18-2/h8-10H,3-7,11,15H2,1-2H3. The first-order chi connectivity index (χ1) is 8.67. The fraction of sp³-hybridized carbons (Fsp3) is 0.571. The lowest BCUT2D eigenvalue weighted by molar-refractivity contribution is 0.269. The Morgan fingerprint density at radius 1 is 1.17 bits per heavy atom. The molecule has 0 aliphatic carbocycles. The van der Waals surface area contributed by atoms with Crippen molar-refractivity contribution in [3.63, 3.8) is 0 Å². The molecule has 2 rings (SSSR count). The Labute approximate surface area is 109 Å². The van der Waals surface area contributed by atoms with Gasteiger partial charge in [0.05, 0.1) is 7.11 Å². The first-order valence-corrected chi connectivity index (χ1v) is 6.52. The lowest BCUT2D eigenvalue weighted by Crippen LogP contribution is -2.28. The summed E-state index contributed by atoms with van der Waals surface area (Å²) >= 11 is 0. The molecule has 4 heteroatoms. The number of hydrogen-bond donors (Lipinski definition) is 1. The van der Waals surface area contributed by atoms with E-state index in [-0.39, 0.29) is 0 Å². The van der Waals surface area contributed by atoms with Gasteiger partial charge in [-0.1, -0.05) is 0 Å². The van der Waals surface area contributed by atoms with Crippen LogP contribution in [0.25, 0.3) is 0 Å². The van der Waals surface area contributed by atoms with E-state index < -0.39 is 0 Å². The summed E-state index contributed by atoms with van der Waals surface area (Å²) in [6, 6.07) is 5.97. The molecule has 1 aromatic rings. The quantitative estimate of drug-likeness (QED) is 0.823. The highest BCUT2D eigenvalue weighted by molar-refractivity contribution is 5.47. The van der Waals surface area contributed by atoms with Gasteiger partial charge in [0.15, 0.2) is 0 Å². The second kappa shape index (κ2) is 6.07. The van der Waals surface area contributed by atoms with Gasteiger partial charge in [0.2, 0.25) is 0 Å². The molecule has 18 heavy (non-hydrogen) atoms. The number of nitrogen functional groups attached to an aromatic ring is 1. The number of benzene rings is 1. The maximum Gasteiger partial charge on any atom is 0.121 e. The van der Waals surface area contributed by atoms with Gasteiger partial charge in [-0.25, -0.2) is 0 Å². The molecule has 4 nitrogen and oxygen atoms in total. The molecule has 0 atom stereocenters. The van der Waals surface area contributed by atoms with E-state index in [0.29, 0.717) is 0 Å². The molecule has 0 saturated carbocycles. The molecule has 2 N–H and O–H groups in total. The molecular formula is C14H23N3O. The molecular weight excluding hydrogens is 226 g/mol. The van der Waals surface area contributed by atoms with Crippen LogP contribution in [0.5, 0.6) is 5.75 Å². The molecule has 1 aliphatic rings. The Kier molecular flexibility index (Phi) is 4.44. The first-order valence-electron chi connectivity index (χ1n) is 6.52. The third-order valence-corrected chi connectivity index (χ3v) is 3.44. The number of anilines is 1. The van der Waals surface area contributed by atoms with Crippen molar-refractivity contribution in [3.8, 4) is 5.75 Å². The summed E-state index contributed by atoms with van der Waals surface area (Å²) in [6.45, 7) is 5.56. The number of hydrogen-bond acceptors (Lipinski definition) is 4. The first kappa shape index (κ1) is 13.2. The SMILES string of the molecule is COc1cc(N)cc(CN2CCCN(C)CC2)c1. The van der Waals surface area contributed by atoms with Gasteiger partial charge >= 0.3 is 0 Å². The fourth-order valence-corrected chi connectivity index (χ4v) is 2.41. The van der Waals surface area contributed by atoms with Crippen LogP contribution in [0.3, 0.4) is 0 Å². The van der Waals surface area contributed by atoms with Crippen molar-refractivity contribution < 1.29 is 4.74 Å². The molecule has 0 bridgehead atoms. The largest absolute Gasteiger partial charge is 0.497 e. The Morgan fingerprint density at radius 2 is 2.00 bits per heavy atom. The van der Waals surface area contributed by atoms with Crippen LogP contribution in [-0.2, 0) is 6.54 Å². The monoisotopic (exact) mass is 249 g/mol. The van der Waals surface area contributed by atoms with E-state index in [1.165, 1.54) is 18.5 Å². The Balaban J connectivity index is 2.01. The molecule has 1 aromatic carbocycles. The van der Waals surface area contributed by atoms with Crippen molar-refractivity contribution in [2.45, 2.75) is 13.0 Å². The van der Waals surface area contributed by atoms with Crippen LogP contribution in [0.15, 0.2) is 18.2 Å². The summed E-state index contributed by atoms with van der Waals surface area (Å²) in [6.07, 6.45) is 1.23. The lowest BCUT2D eigenvalue weighted by Gasteiger charge is -2.20. The average Bonchev–Trinajstić information content (AvgIpc) is 2.54. The zero-order valence-corrected chi connectivity index (χ0v) is 11.4. The molecule has 1 fully saturated rings. The van der Waals surface area contributed by atoms with Gasteiger partial charge in [0.25, 0.3) is 0 Å². The van der Waals surface area contributed by atoms with E-state index >= 15 is 0 Å². The second-order valence-electron chi connectivity index (χ2n) is 5.05. The predicted octanol–water partition coefficient (Wildman–Crippen LogP) is 1.41. The third-order valence-electron chi connectivity index (χ3n) is 3.44. The maximum absolute atomic E-state index is 5.89. The van der Waals surface area contributed by atoms with Crippen molar-refractivity contribution in [3.05, 3.63) is 23.8 Å². The van der Waals surface area contributed by atoms with Crippen molar-refractivity contribution in [1.29, 1.82) is 0 Å². The molecule has 0 radical (unpaired) electrons. The van der Waals surface area contributed by atoms with Crippen LogP contribution >= 0.6 is 0 Å².